The summed E-state index contributed by atoms with van der Waals surface area (Å²) in [5.74, 6) is 1.69. The summed E-state index contributed by atoms with van der Waals surface area (Å²) >= 11 is 0. The maximum Gasteiger partial charge on any atom is 0.322 e. The second kappa shape index (κ2) is 5.91. The zero-order chi connectivity index (χ0) is 15.6. The smallest absolute Gasteiger partial charge is 0.322 e. The second-order valence-corrected chi connectivity index (χ2v) is 5.80. The molecule has 0 unspecified atom stereocenters. The number of benzene rings is 1. The van der Waals surface area contributed by atoms with Crippen LogP contribution in [0.5, 0.6) is 11.5 Å². The van der Waals surface area contributed by atoms with Crippen molar-refractivity contribution in [3.63, 3.8) is 0 Å². The summed E-state index contributed by atoms with van der Waals surface area (Å²) in [6, 6.07) is 5.52. The minimum absolute atomic E-state index is 0.0365. The van der Waals surface area contributed by atoms with E-state index in [4.69, 9.17) is 13.9 Å². The first-order chi connectivity index (χ1) is 11.3. The SMILES string of the molecule is O=C(Nc1nnc(-c2ccc3c(c2)OCO3)o1)C1CCCCC1. The van der Waals surface area contributed by atoms with Gasteiger partial charge in [-0.1, -0.05) is 24.4 Å². The fourth-order valence-corrected chi connectivity index (χ4v) is 2.99. The Labute approximate surface area is 133 Å². The summed E-state index contributed by atoms with van der Waals surface area (Å²) in [6.45, 7) is 0.214. The number of nitrogens with zero attached hydrogens (tertiary/aromatic N) is 2. The minimum atomic E-state index is -0.0365. The van der Waals surface area contributed by atoms with Gasteiger partial charge in [-0.3, -0.25) is 10.1 Å². The van der Waals surface area contributed by atoms with Crippen molar-refractivity contribution in [2.24, 2.45) is 5.92 Å². The number of carbonyl (C=O) groups excluding carboxylic acids is 1. The van der Waals surface area contributed by atoms with E-state index in [9.17, 15) is 4.79 Å². The van der Waals surface area contributed by atoms with Crippen LogP contribution >= 0.6 is 0 Å². The zero-order valence-electron chi connectivity index (χ0n) is 12.6. The third-order valence-corrected chi connectivity index (χ3v) is 4.25. The molecular formula is C16H17N3O4. The summed E-state index contributed by atoms with van der Waals surface area (Å²) in [7, 11) is 0. The standard InChI is InChI=1S/C16H17N3O4/c20-14(10-4-2-1-3-5-10)17-16-19-18-15(23-16)11-6-7-12-13(8-11)22-9-21-12/h6-8,10H,1-5,9H2,(H,17,19,20). The van der Waals surface area contributed by atoms with Crippen LogP contribution in [-0.4, -0.2) is 22.9 Å². The van der Waals surface area contributed by atoms with Crippen molar-refractivity contribution < 1.29 is 18.7 Å². The highest BCUT2D eigenvalue weighted by molar-refractivity contribution is 5.90. The Morgan fingerprint density at radius 1 is 1.09 bits per heavy atom. The molecule has 2 aliphatic rings. The molecule has 2 heterocycles. The number of carbonyl (C=O) groups is 1. The van der Waals surface area contributed by atoms with Crippen LogP contribution < -0.4 is 14.8 Å². The van der Waals surface area contributed by atoms with Gasteiger partial charge in [0.15, 0.2) is 11.5 Å². The number of nitrogens with one attached hydrogen (secondary N) is 1. The van der Waals surface area contributed by atoms with Crippen molar-refractivity contribution in [2.45, 2.75) is 32.1 Å². The number of hydrogen-bond acceptors (Lipinski definition) is 6. The molecule has 2 aromatic rings. The van der Waals surface area contributed by atoms with Gasteiger partial charge in [-0.15, -0.1) is 5.10 Å². The van der Waals surface area contributed by atoms with Gasteiger partial charge in [-0.25, -0.2) is 0 Å². The van der Waals surface area contributed by atoms with Crippen LogP contribution in [-0.2, 0) is 4.79 Å². The van der Waals surface area contributed by atoms with Gasteiger partial charge in [-0.05, 0) is 31.0 Å². The molecule has 1 fully saturated rings. The number of fused-ring (bicyclic) bond motifs is 1. The Hall–Kier alpha value is -2.57. The van der Waals surface area contributed by atoms with Crippen molar-refractivity contribution in [1.29, 1.82) is 0 Å². The number of ether oxygens (including phenoxy) is 2. The fraction of sp³-hybridized carbons (Fsp3) is 0.438. The molecule has 7 nitrogen and oxygen atoms in total. The molecule has 0 bridgehead atoms. The highest BCUT2D eigenvalue weighted by Gasteiger charge is 2.23. The van der Waals surface area contributed by atoms with Crippen molar-refractivity contribution >= 4 is 11.9 Å². The van der Waals surface area contributed by atoms with E-state index in [1.165, 1.54) is 6.42 Å². The van der Waals surface area contributed by atoms with Crippen LogP contribution in [0, 0.1) is 5.92 Å². The van der Waals surface area contributed by atoms with Crippen LogP contribution in [0.2, 0.25) is 0 Å². The van der Waals surface area contributed by atoms with E-state index in [2.05, 4.69) is 15.5 Å². The third-order valence-electron chi connectivity index (χ3n) is 4.25. The van der Waals surface area contributed by atoms with E-state index in [0.717, 1.165) is 31.2 Å². The van der Waals surface area contributed by atoms with Gasteiger partial charge < -0.3 is 13.9 Å². The number of rotatable bonds is 3. The Morgan fingerprint density at radius 3 is 2.78 bits per heavy atom. The quantitative estimate of drug-likeness (QED) is 0.937. The predicted molar refractivity (Wildman–Crippen MR) is 81.1 cm³/mol. The van der Waals surface area contributed by atoms with Crippen LogP contribution in [0.4, 0.5) is 6.01 Å². The average Bonchev–Trinajstić information content (AvgIpc) is 3.23. The van der Waals surface area contributed by atoms with E-state index in [1.54, 1.807) is 12.1 Å². The van der Waals surface area contributed by atoms with E-state index in [-0.39, 0.29) is 24.6 Å². The van der Waals surface area contributed by atoms with Gasteiger partial charge in [0.25, 0.3) is 0 Å². The second-order valence-electron chi connectivity index (χ2n) is 5.80. The maximum absolute atomic E-state index is 12.2. The molecule has 0 atom stereocenters. The minimum Gasteiger partial charge on any atom is -0.454 e. The van der Waals surface area contributed by atoms with Crippen molar-refractivity contribution in [3.8, 4) is 23.0 Å². The van der Waals surface area contributed by atoms with Gasteiger partial charge in [0, 0.05) is 11.5 Å². The summed E-state index contributed by atoms with van der Waals surface area (Å²) in [6.07, 6.45) is 5.26. The zero-order valence-corrected chi connectivity index (χ0v) is 12.6. The molecule has 1 N–H and O–H groups in total. The molecule has 120 valence electrons. The van der Waals surface area contributed by atoms with Gasteiger partial charge in [0.05, 0.1) is 0 Å². The molecule has 1 amide bonds. The van der Waals surface area contributed by atoms with E-state index in [0.29, 0.717) is 17.4 Å². The van der Waals surface area contributed by atoms with Crippen LogP contribution in [0.25, 0.3) is 11.5 Å². The lowest BCUT2D eigenvalue weighted by Gasteiger charge is -2.19. The highest BCUT2D eigenvalue weighted by atomic mass is 16.7. The van der Waals surface area contributed by atoms with Crippen LogP contribution in [0.3, 0.4) is 0 Å². The summed E-state index contributed by atoms with van der Waals surface area (Å²) in [5.41, 5.74) is 0.722. The Bertz CT molecular complexity index is 722. The van der Waals surface area contributed by atoms with Crippen LogP contribution in [0.1, 0.15) is 32.1 Å². The Morgan fingerprint density at radius 2 is 1.91 bits per heavy atom. The number of amides is 1. The van der Waals surface area contributed by atoms with E-state index in [1.807, 2.05) is 6.07 Å². The lowest BCUT2D eigenvalue weighted by molar-refractivity contribution is -0.120. The molecule has 7 heteroatoms. The molecule has 1 aromatic carbocycles. The van der Waals surface area contributed by atoms with Gasteiger partial charge in [-0.2, -0.15) is 0 Å². The Kier molecular flexibility index (Phi) is 3.61. The van der Waals surface area contributed by atoms with Gasteiger partial charge >= 0.3 is 6.01 Å². The van der Waals surface area contributed by atoms with Crippen molar-refractivity contribution in [1.82, 2.24) is 10.2 Å². The van der Waals surface area contributed by atoms with Gasteiger partial charge in [0.1, 0.15) is 0 Å². The van der Waals surface area contributed by atoms with Gasteiger partial charge in [0.2, 0.25) is 18.6 Å². The predicted octanol–water partition coefficient (Wildman–Crippen LogP) is 2.98. The number of aromatic nitrogens is 2. The summed E-state index contributed by atoms with van der Waals surface area (Å²) < 4.78 is 16.1. The summed E-state index contributed by atoms with van der Waals surface area (Å²) in [5, 5.41) is 10.6. The fourth-order valence-electron chi connectivity index (χ4n) is 2.99. The lowest BCUT2D eigenvalue weighted by Crippen LogP contribution is -2.24. The lowest BCUT2D eigenvalue weighted by atomic mass is 9.89. The molecule has 1 aliphatic heterocycles. The third kappa shape index (κ3) is 2.86. The monoisotopic (exact) mass is 315 g/mol. The van der Waals surface area contributed by atoms with Crippen LogP contribution in [0.15, 0.2) is 22.6 Å². The number of anilines is 1. The first-order valence-electron chi connectivity index (χ1n) is 7.84. The topological polar surface area (TPSA) is 86.5 Å². The van der Waals surface area contributed by atoms with Crippen molar-refractivity contribution in [2.75, 3.05) is 12.1 Å². The maximum atomic E-state index is 12.2. The molecule has 0 radical (unpaired) electrons. The molecule has 23 heavy (non-hydrogen) atoms. The molecular weight excluding hydrogens is 298 g/mol. The average molecular weight is 315 g/mol. The van der Waals surface area contributed by atoms with E-state index >= 15 is 0 Å². The number of hydrogen-bond donors (Lipinski definition) is 1. The first-order valence-corrected chi connectivity index (χ1v) is 7.84. The normalized spacial score (nSPS) is 17.2. The first kappa shape index (κ1) is 14.0. The Balaban J connectivity index is 1.47. The molecule has 1 aliphatic carbocycles. The summed E-state index contributed by atoms with van der Waals surface area (Å²) in [4.78, 5) is 12.2. The largest absolute Gasteiger partial charge is 0.454 e. The molecule has 0 spiro atoms. The van der Waals surface area contributed by atoms with E-state index < -0.39 is 0 Å². The van der Waals surface area contributed by atoms with Crippen molar-refractivity contribution in [3.05, 3.63) is 18.2 Å². The highest BCUT2D eigenvalue weighted by Crippen LogP contribution is 2.35. The molecule has 1 aromatic heterocycles. The molecule has 0 saturated heterocycles. The molecule has 1 saturated carbocycles. The molecule has 4 rings (SSSR count).